The minimum atomic E-state index is -0.990. The van der Waals surface area contributed by atoms with Crippen molar-refractivity contribution in [3.05, 3.63) is 65.7 Å². The number of allylic oxidation sites excluding steroid dienone is 3. The van der Waals surface area contributed by atoms with Gasteiger partial charge in [-0.25, -0.2) is 4.79 Å². The topological polar surface area (TPSA) is 107 Å². The van der Waals surface area contributed by atoms with E-state index in [9.17, 15) is 20.1 Å². The van der Waals surface area contributed by atoms with E-state index in [-0.39, 0.29) is 24.9 Å². The van der Waals surface area contributed by atoms with Crippen LogP contribution in [-0.2, 0) is 4.79 Å². The number of carbonyl (C=O) groups is 1. The van der Waals surface area contributed by atoms with Crippen molar-refractivity contribution in [3.8, 4) is 5.75 Å². The van der Waals surface area contributed by atoms with Gasteiger partial charge in [0.1, 0.15) is 18.5 Å². The molecule has 0 amide bonds. The van der Waals surface area contributed by atoms with Crippen LogP contribution in [0.2, 0.25) is 5.02 Å². The molecule has 1 fully saturated rings. The summed E-state index contributed by atoms with van der Waals surface area (Å²) in [5.41, 5.74) is 0. The van der Waals surface area contributed by atoms with Gasteiger partial charge in [-0.15, -0.1) is 0 Å². The third kappa shape index (κ3) is 8.03. The van der Waals surface area contributed by atoms with Gasteiger partial charge in [0.15, 0.2) is 0 Å². The summed E-state index contributed by atoms with van der Waals surface area (Å²) < 4.78 is 5.50. The van der Waals surface area contributed by atoms with E-state index in [1.807, 2.05) is 12.2 Å². The van der Waals surface area contributed by atoms with Gasteiger partial charge in [-0.2, -0.15) is 0 Å². The Morgan fingerprint density at radius 1 is 1.24 bits per heavy atom. The maximum atomic E-state index is 10.4. The molecular weight excluding hydrogens is 396 g/mol. The predicted octanol–water partition coefficient (Wildman–Crippen LogP) is 2.97. The van der Waals surface area contributed by atoms with Gasteiger partial charge in [-0.05, 0) is 37.0 Å². The third-order valence-electron chi connectivity index (χ3n) is 4.80. The lowest BCUT2D eigenvalue weighted by Crippen LogP contribution is -2.21. The molecule has 6 nitrogen and oxygen atoms in total. The average molecular weight is 423 g/mol. The average Bonchev–Trinajstić information content (AvgIpc) is 2.93. The molecular formula is C22H27ClO6. The van der Waals surface area contributed by atoms with Gasteiger partial charge in [-0.1, -0.05) is 48.0 Å². The molecule has 0 heterocycles. The lowest BCUT2D eigenvalue weighted by atomic mass is 9.89. The Labute approximate surface area is 175 Å². The summed E-state index contributed by atoms with van der Waals surface area (Å²) in [6, 6.07) is 6.89. The highest BCUT2D eigenvalue weighted by atomic mass is 35.5. The van der Waals surface area contributed by atoms with Gasteiger partial charge in [-0.3, -0.25) is 0 Å². The predicted molar refractivity (Wildman–Crippen MR) is 111 cm³/mol. The van der Waals surface area contributed by atoms with Crippen LogP contribution < -0.4 is 4.74 Å². The molecule has 29 heavy (non-hydrogen) atoms. The van der Waals surface area contributed by atoms with Crippen LogP contribution >= 0.6 is 11.6 Å². The van der Waals surface area contributed by atoms with Crippen LogP contribution in [0.5, 0.6) is 5.75 Å². The lowest BCUT2D eigenvalue weighted by Gasteiger charge is -2.19. The quantitative estimate of drug-likeness (QED) is 0.341. The molecule has 0 saturated heterocycles. The minimum Gasteiger partial charge on any atom is -0.491 e. The standard InChI is InChI=1S/C22H27ClO6/c23-15-6-5-7-17(12-15)29-14-16(24)10-11-19-18(20(25)13-21(19)26)8-3-1-2-4-9-22(27)28/h1,3-7,9-12,16,18-21,24-26H,2,8,13-14H2,(H,27,28)/b3-1-,9-4-,11-10?/t16-,18?,19+,20?,21?/m1/s1. The number of halogens is 1. The molecule has 0 radical (unpaired) electrons. The summed E-state index contributed by atoms with van der Waals surface area (Å²) in [5, 5.41) is 39.7. The van der Waals surface area contributed by atoms with Crippen molar-refractivity contribution in [2.45, 2.75) is 37.6 Å². The zero-order chi connectivity index (χ0) is 21.2. The van der Waals surface area contributed by atoms with E-state index in [2.05, 4.69) is 0 Å². The fourth-order valence-electron chi connectivity index (χ4n) is 3.35. The Balaban J connectivity index is 1.86. The first-order chi connectivity index (χ1) is 13.9. The molecule has 0 spiro atoms. The SMILES string of the molecule is O=C(O)/C=C\C/C=C\CC1C(O)CC(O)[C@H]1C=C[C@@H](O)COc1cccc(Cl)c1. The number of carboxylic acids is 1. The monoisotopic (exact) mass is 422 g/mol. The van der Waals surface area contributed by atoms with Crippen LogP contribution in [0.3, 0.4) is 0 Å². The van der Waals surface area contributed by atoms with E-state index < -0.39 is 24.3 Å². The number of rotatable bonds is 10. The maximum absolute atomic E-state index is 10.4. The smallest absolute Gasteiger partial charge is 0.327 e. The van der Waals surface area contributed by atoms with Crippen LogP contribution in [-0.4, -0.2) is 51.3 Å². The zero-order valence-corrected chi connectivity index (χ0v) is 16.7. The lowest BCUT2D eigenvalue weighted by molar-refractivity contribution is -0.131. The number of aliphatic hydroxyl groups is 3. The van der Waals surface area contributed by atoms with Crippen molar-refractivity contribution >= 4 is 17.6 Å². The molecule has 158 valence electrons. The fraction of sp³-hybridized carbons (Fsp3) is 0.409. The highest BCUT2D eigenvalue weighted by molar-refractivity contribution is 6.30. The molecule has 5 atom stereocenters. The normalized spacial score (nSPS) is 25.9. The molecule has 7 heteroatoms. The molecule has 1 aliphatic carbocycles. The summed E-state index contributed by atoms with van der Waals surface area (Å²) in [7, 11) is 0. The van der Waals surface area contributed by atoms with E-state index in [0.29, 0.717) is 23.6 Å². The van der Waals surface area contributed by atoms with Crippen LogP contribution in [0.4, 0.5) is 0 Å². The van der Waals surface area contributed by atoms with Crippen LogP contribution in [0.25, 0.3) is 0 Å². The molecule has 0 bridgehead atoms. The summed E-state index contributed by atoms with van der Waals surface area (Å²) in [5.74, 6) is -0.899. The molecule has 1 aromatic carbocycles. The first kappa shape index (κ1) is 23.2. The van der Waals surface area contributed by atoms with Crippen LogP contribution in [0.1, 0.15) is 19.3 Å². The van der Waals surface area contributed by atoms with Gasteiger partial charge in [0.25, 0.3) is 0 Å². The Morgan fingerprint density at radius 2 is 2.03 bits per heavy atom. The Morgan fingerprint density at radius 3 is 2.76 bits per heavy atom. The molecule has 1 aliphatic rings. The molecule has 1 aromatic rings. The molecule has 4 N–H and O–H groups in total. The van der Waals surface area contributed by atoms with Crippen molar-refractivity contribution < 1.29 is 30.0 Å². The van der Waals surface area contributed by atoms with Crippen LogP contribution in [0.15, 0.2) is 60.7 Å². The van der Waals surface area contributed by atoms with E-state index in [4.69, 9.17) is 21.4 Å². The number of benzene rings is 1. The second-order valence-corrected chi connectivity index (χ2v) is 7.45. The second kappa shape index (κ2) is 11.8. The molecule has 0 aliphatic heterocycles. The zero-order valence-electron chi connectivity index (χ0n) is 16.0. The number of carboxylic acid groups (broad SMARTS) is 1. The highest BCUT2D eigenvalue weighted by Crippen LogP contribution is 2.36. The fourth-order valence-corrected chi connectivity index (χ4v) is 3.53. The Kier molecular flexibility index (Phi) is 9.41. The summed E-state index contributed by atoms with van der Waals surface area (Å²) in [4.78, 5) is 10.4. The van der Waals surface area contributed by atoms with Gasteiger partial charge in [0.05, 0.1) is 12.2 Å². The second-order valence-electron chi connectivity index (χ2n) is 7.02. The number of hydrogen-bond acceptors (Lipinski definition) is 5. The van der Waals surface area contributed by atoms with E-state index >= 15 is 0 Å². The number of ether oxygens (including phenoxy) is 1. The molecule has 1 saturated carbocycles. The molecule has 0 aromatic heterocycles. The minimum absolute atomic E-state index is 0.0443. The number of aliphatic hydroxyl groups excluding tert-OH is 3. The van der Waals surface area contributed by atoms with Gasteiger partial charge in [0.2, 0.25) is 0 Å². The van der Waals surface area contributed by atoms with E-state index in [1.54, 1.807) is 36.4 Å². The third-order valence-corrected chi connectivity index (χ3v) is 5.03. The van der Waals surface area contributed by atoms with Crippen molar-refractivity contribution in [1.29, 1.82) is 0 Å². The maximum Gasteiger partial charge on any atom is 0.327 e. The first-order valence-corrected chi connectivity index (χ1v) is 9.90. The Hall–Kier alpha value is -2.12. The summed E-state index contributed by atoms with van der Waals surface area (Å²) in [6.45, 7) is 0.0443. The van der Waals surface area contributed by atoms with Gasteiger partial charge in [0, 0.05) is 23.4 Å². The number of hydrogen-bond donors (Lipinski definition) is 4. The largest absolute Gasteiger partial charge is 0.491 e. The summed E-state index contributed by atoms with van der Waals surface area (Å²) >= 11 is 5.89. The first-order valence-electron chi connectivity index (χ1n) is 9.52. The summed E-state index contributed by atoms with van der Waals surface area (Å²) in [6.07, 6.45) is 8.73. The molecule has 3 unspecified atom stereocenters. The van der Waals surface area contributed by atoms with Crippen molar-refractivity contribution in [2.24, 2.45) is 11.8 Å². The van der Waals surface area contributed by atoms with Gasteiger partial charge >= 0.3 is 5.97 Å². The van der Waals surface area contributed by atoms with Crippen LogP contribution in [0, 0.1) is 11.8 Å². The van der Waals surface area contributed by atoms with Gasteiger partial charge < -0.3 is 25.2 Å². The van der Waals surface area contributed by atoms with Crippen molar-refractivity contribution in [3.63, 3.8) is 0 Å². The van der Waals surface area contributed by atoms with Crippen molar-refractivity contribution in [1.82, 2.24) is 0 Å². The van der Waals surface area contributed by atoms with E-state index in [1.165, 1.54) is 6.08 Å². The van der Waals surface area contributed by atoms with Crippen molar-refractivity contribution in [2.75, 3.05) is 6.61 Å². The molecule has 2 rings (SSSR count). The van der Waals surface area contributed by atoms with E-state index in [0.717, 1.165) is 6.08 Å². The number of aliphatic carboxylic acids is 1. The Bertz CT molecular complexity index is 745. The highest BCUT2D eigenvalue weighted by Gasteiger charge is 2.39.